The Labute approximate surface area is 105 Å². The lowest BCUT2D eigenvalue weighted by Gasteiger charge is -2.14. The minimum absolute atomic E-state index is 0.139. The van der Waals surface area contributed by atoms with Crippen LogP contribution in [-0.2, 0) is 4.79 Å². The topological polar surface area (TPSA) is 66.4 Å². The van der Waals surface area contributed by atoms with E-state index in [1.165, 1.54) is 18.2 Å². The summed E-state index contributed by atoms with van der Waals surface area (Å²) >= 11 is 0. The van der Waals surface area contributed by atoms with Crippen LogP contribution in [-0.4, -0.2) is 23.0 Å². The van der Waals surface area contributed by atoms with Crippen molar-refractivity contribution >= 4 is 11.9 Å². The van der Waals surface area contributed by atoms with Gasteiger partial charge in [0, 0.05) is 0 Å². The number of halogens is 1. The van der Waals surface area contributed by atoms with Crippen molar-refractivity contribution in [3.63, 3.8) is 0 Å². The van der Waals surface area contributed by atoms with Crippen LogP contribution in [0.15, 0.2) is 24.3 Å². The number of aliphatic carboxylic acids is 1. The zero-order valence-electron chi connectivity index (χ0n) is 10.1. The molecule has 1 amide bonds. The van der Waals surface area contributed by atoms with Gasteiger partial charge < -0.3 is 10.4 Å². The molecule has 0 saturated carbocycles. The van der Waals surface area contributed by atoms with Gasteiger partial charge in [-0.1, -0.05) is 31.9 Å². The van der Waals surface area contributed by atoms with Gasteiger partial charge in [-0.2, -0.15) is 0 Å². The third kappa shape index (κ3) is 3.84. The van der Waals surface area contributed by atoms with E-state index in [0.717, 1.165) is 12.5 Å². The van der Waals surface area contributed by atoms with Crippen LogP contribution in [0.2, 0.25) is 0 Å². The number of hydrogen-bond acceptors (Lipinski definition) is 2. The van der Waals surface area contributed by atoms with Crippen molar-refractivity contribution in [1.82, 2.24) is 5.32 Å². The zero-order valence-corrected chi connectivity index (χ0v) is 10.1. The first-order valence-electron chi connectivity index (χ1n) is 5.84. The summed E-state index contributed by atoms with van der Waals surface area (Å²) in [4.78, 5) is 22.7. The lowest BCUT2D eigenvalue weighted by atomic mass is 10.1. The van der Waals surface area contributed by atoms with Gasteiger partial charge in [0.1, 0.15) is 11.9 Å². The van der Waals surface area contributed by atoms with Crippen molar-refractivity contribution in [2.24, 2.45) is 0 Å². The molecule has 0 heterocycles. The highest BCUT2D eigenvalue weighted by Gasteiger charge is 2.21. The molecule has 0 aliphatic carbocycles. The molecule has 1 atom stereocenters. The molecule has 0 fully saturated rings. The molecule has 1 aromatic rings. The molecule has 18 heavy (non-hydrogen) atoms. The molecule has 2 N–H and O–H groups in total. The molecule has 0 unspecified atom stereocenters. The fourth-order valence-corrected chi connectivity index (χ4v) is 1.55. The molecule has 4 nitrogen and oxygen atoms in total. The minimum Gasteiger partial charge on any atom is -0.480 e. The monoisotopic (exact) mass is 253 g/mol. The Morgan fingerprint density at radius 2 is 2.06 bits per heavy atom. The minimum atomic E-state index is -1.10. The van der Waals surface area contributed by atoms with Crippen LogP contribution in [0.1, 0.15) is 36.5 Å². The van der Waals surface area contributed by atoms with Crippen molar-refractivity contribution in [3.05, 3.63) is 35.6 Å². The first-order valence-corrected chi connectivity index (χ1v) is 5.84. The van der Waals surface area contributed by atoms with Crippen molar-refractivity contribution < 1.29 is 19.1 Å². The number of benzene rings is 1. The Balaban J connectivity index is 2.72. The van der Waals surface area contributed by atoms with Crippen LogP contribution >= 0.6 is 0 Å². The molecule has 0 aliphatic heterocycles. The number of amides is 1. The fourth-order valence-electron chi connectivity index (χ4n) is 1.55. The van der Waals surface area contributed by atoms with Crippen molar-refractivity contribution in [2.75, 3.05) is 0 Å². The molecule has 98 valence electrons. The number of carbonyl (C=O) groups is 2. The molecule has 0 aliphatic rings. The van der Waals surface area contributed by atoms with Gasteiger partial charge in [-0.05, 0) is 18.6 Å². The highest BCUT2D eigenvalue weighted by molar-refractivity contribution is 5.96. The van der Waals surface area contributed by atoms with Crippen LogP contribution in [0.5, 0.6) is 0 Å². The van der Waals surface area contributed by atoms with Crippen molar-refractivity contribution in [2.45, 2.75) is 32.2 Å². The molecule has 1 aromatic carbocycles. The van der Waals surface area contributed by atoms with Crippen LogP contribution in [0, 0.1) is 5.82 Å². The summed E-state index contributed by atoms with van der Waals surface area (Å²) in [5, 5.41) is 11.3. The average Bonchev–Trinajstić information content (AvgIpc) is 2.34. The quantitative estimate of drug-likeness (QED) is 0.816. The molecular formula is C13H16FNO3. The predicted molar refractivity (Wildman–Crippen MR) is 64.8 cm³/mol. The standard InChI is InChI=1S/C13H16FNO3/c1-2-3-8-11(13(17)18)15-12(16)9-6-4-5-7-10(9)14/h4-7,11H,2-3,8H2,1H3,(H,15,16)(H,17,18)/t11-/m1/s1. The third-order valence-electron chi connectivity index (χ3n) is 2.57. The molecule has 0 spiro atoms. The van der Waals surface area contributed by atoms with E-state index in [0.29, 0.717) is 12.8 Å². The second-order valence-corrected chi connectivity index (χ2v) is 3.99. The van der Waals surface area contributed by atoms with E-state index < -0.39 is 23.7 Å². The molecule has 0 saturated heterocycles. The summed E-state index contributed by atoms with van der Waals surface area (Å²) < 4.78 is 13.3. The van der Waals surface area contributed by atoms with Gasteiger partial charge in [0.2, 0.25) is 0 Å². The second-order valence-electron chi connectivity index (χ2n) is 3.99. The Kier molecular flexibility index (Phi) is 5.30. The largest absolute Gasteiger partial charge is 0.480 e. The maximum Gasteiger partial charge on any atom is 0.326 e. The lowest BCUT2D eigenvalue weighted by molar-refractivity contribution is -0.139. The number of rotatable bonds is 6. The number of nitrogens with one attached hydrogen (secondary N) is 1. The molecule has 0 radical (unpaired) electrons. The van der Waals surface area contributed by atoms with E-state index in [1.54, 1.807) is 0 Å². The first kappa shape index (κ1) is 14.2. The maximum absolute atomic E-state index is 13.3. The summed E-state index contributed by atoms with van der Waals surface area (Å²) in [7, 11) is 0. The third-order valence-corrected chi connectivity index (χ3v) is 2.57. The van der Waals surface area contributed by atoms with Crippen LogP contribution in [0.4, 0.5) is 4.39 Å². The van der Waals surface area contributed by atoms with Gasteiger partial charge in [0.05, 0.1) is 5.56 Å². The maximum atomic E-state index is 13.3. The summed E-state index contributed by atoms with van der Waals surface area (Å²) in [5.74, 6) is -2.46. The Bertz CT molecular complexity index is 434. The van der Waals surface area contributed by atoms with Gasteiger partial charge in [-0.3, -0.25) is 4.79 Å². The molecule has 0 bridgehead atoms. The molecular weight excluding hydrogens is 237 g/mol. The average molecular weight is 253 g/mol. The predicted octanol–water partition coefficient (Wildman–Crippen LogP) is 2.20. The number of carboxylic acids is 1. The Morgan fingerprint density at radius 3 is 2.61 bits per heavy atom. The highest BCUT2D eigenvalue weighted by Crippen LogP contribution is 2.08. The summed E-state index contributed by atoms with van der Waals surface area (Å²) in [6.45, 7) is 1.93. The molecule has 1 rings (SSSR count). The smallest absolute Gasteiger partial charge is 0.326 e. The Morgan fingerprint density at radius 1 is 1.39 bits per heavy atom. The van der Waals surface area contributed by atoms with Crippen LogP contribution in [0.3, 0.4) is 0 Å². The lowest BCUT2D eigenvalue weighted by Crippen LogP contribution is -2.41. The van der Waals surface area contributed by atoms with Crippen molar-refractivity contribution in [1.29, 1.82) is 0 Å². The van der Waals surface area contributed by atoms with E-state index >= 15 is 0 Å². The molecule has 5 heteroatoms. The van der Waals surface area contributed by atoms with Crippen molar-refractivity contribution in [3.8, 4) is 0 Å². The normalized spacial score (nSPS) is 11.9. The van der Waals surface area contributed by atoms with E-state index in [9.17, 15) is 14.0 Å². The van der Waals surface area contributed by atoms with E-state index in [2.05, 4.69) is 5.32 Å². The van der Waals surface area contributed by atoms with Gasteiger partial charge in [-0.15, -0.1) is 0 Å². The zero-order chi connectivity index (χ0) is 13.5. The van der Waals surface area contributed by atoms with Gasteiger partial charge in [0.15, 0.2) is 0 Å². The number of carboxylic acid groups (broad SMARTS) is 1. The fraction of sp³-hybridized carbons (Fsp3) is 0.385. The second kappa shape index (κ2) is 6.74. The SMILES string of the molecule is CCCC[C@@H](NC(=O)c1ccccc1F)C(=O)O. The van der Waals surface area contributed by atoms with Crippen LogP contribution in [0.25, 0.3) is 0 Å². The van der Waals surface area contributed by atoms with E-state index in [1.807, 2.05) is 6.92 Å². The van der Waals surface area contributed by atoms with Gasteiger partial charge in [-0.25, -0.2) is 9.18 Å². The van der Waals surface area contributed by atoms with Gasteiger partial charge in [0.25, 0.3) is 5.91 Å². The summed E-state index contributed by atoms with van der Waals surface area (Å²) in [6, 6.07) is 4.51. The van der Waals surface area contributed by atoms with Gasteiger partial charge >= 0.3 is 5.97 Å². The highest BCUT2D eigenvalue weighted by atomic mass is 19.1. The number of hydrogen-bond donors (Lipinski definition) is 2. The number of unbranched alkanes of at least 4 members (excludes halogenated alkanes) is 1. The van der Waals surface area contributed by atoms with Crippen LogP contribution < -0.4 is 5.32 Å². The van der Waals surface area contributed by atoms with E-state index in [-0.39, 0.29) is 5.56 Å². The molecule has 0 aromatic heterocycles. The summed E-state index contributed by atoms with van der Waals surface area (Å²) in [5.41, 5.74) is -0.139. The number of carbonyl (C=O) groups excluding carboxylic acids is 1. The summed E-state index contributed by atoms with van der Waals surface area (Å²) in [6.07, 6.45) is 1.86. The first-order chi connectivity index (χ1) is 8.56. The van der Waals surface area contributed by atoms with E-state index in [4.69, 9.17) is 5.11 Å². The Hall–Kier alpha value is -1.91.